The van der Waals surface area contributed by atoms with Crippen LogP contribution in [0.4, 0.5) is 11.5 Å². The number of rotatable bonds is 5. The molecule has 2 rings (SSSR count). The van der Waals surface area contributed by atoms with Crippen LogP contribution in [0.25, 0.3) is 0 Å². The molecular weight excluding hydrogens is 250 g/mol. The van der Waals surface area contributed by atoms with Crippen molar-refractivity contribution < 1.29 is 4.74 Å². The van der Waals surface area contributed by atoms with Crippen LogP contribution in [0.3, 0.4) is 0 Å². The molecule has 0 bridgehead atoms. The van der Waals surface area contributed by atoms with Crippen LogP contribution in [0.5, 0.6) is 5.75 Å². The fraction of sp³-hybridized carbons (Fsp3) is 0.231. The van der Waals surface area contributed by atoms with Crippen molar-refractivity contribution in [1.29, 1.82) is 0 Å². The summed E-state index contributed by atoms with van der Waals surface area (Å²) in [7, 11) is 0. The van der Waals surface area contributed by atoms with Gasteiger partial charge in [-0.3, -0.25) is 4.98 Å². The van der Waals surface area contributed by atoms with Gasteiger partial charge in [0.15, 0.2) is 5.82 Å². The molecule has 18 heavy (non-hydrogen) atoms. The Kier molecular flexibility index (Phi) is 4.36. The molecule has 0 aliphatic heterocycles. The maximum atomic E-state index is 5.76. The number of hydrogen-bond acceptors (Lipinski definition) is 4. The van der Waals surface area contributed by atoms with Crippen LogP contribution in [-0.4, -0.2) is 16.6 Å². The Morgan fingerprint density at radius 3 is 2.67 bits per heavy atom. The van der Waals surface area contributed by atoms with Gasteiger partial charge in [-0.25, -0.2) is 4.98 Å². The Morgan fingerprint density at radius 2 is 2.00 bits per heavy atom. The molecule has 0 unspecified atom stereocenters. The summed E-state index contributed by atoms with van der Waals surface area (Å²) in [6.07, 6.45) is 4.11. The second-order valence-electron chi connectivity index (χ2n) is 3.72. The highest BCUT2D eigenvalue weighted by Gasteiger charge is 1.98. The van der Waals surface area contributed by atoms with E-state index in [1.807, 2.05) is 24.3 Å². The third kappa shape index (κ3) is 3.60. The first-order chi connectivity index (χ1) is 8.78. The van der Waals surface area contributed by atoms with Gasteiger partial charge < -0.3 is 10.1 Å². The Morgan fingerprint density at radius 1 is 1.22 bits per heavy atom. The fourth-order valence-corrected chi connectivity index (χ4v) is 1.55. The average Bonchev–Trinajstić information content (AvgIpc) is 2.38. The van der Waals surface area contributed by atoms with E-state index in [0.29, 0.717) is 11.0 Å². The highest BCUT2D eigenvalue weighted by molar-refractivity contribution is 6.29. The van der Waals surface area contributed by atoms with E-state index in [9.17, 15) is 0 Å². The fourth-order valence-electron chi connectivity index (χ4n) is 1.40. The summed E-state index contributed by atoms with van der Waals surface area (Å²) in [6, 6.07) is 7.67. The van der Waals surface area contributed by atoms with Crippen LogP contribution in [0.1, 0.15) is 13.3 Å². The average molecular weight is 264 g/mol. The zero-order valence-corrected chi connectivity index (χ0v) is 10.8. The van der Waals surface area contributed by atoms with Gasteiger partial charge in [0.25, 0.3) is 0 Å². The van der Waals surface area contributed by atoms with Gasteiger partial charge in [-0.05, 0) is 30.7 Å². The minimum absolute atomic E-state index is 0.364. The molecule has 0 saturated heterocycles. The van der Waals surface area contributed by atoms with Crippen LogP contribution in [-0.2, 0) is 0 Å². The molecule has 0 saturated carbocycles. The molecule has 0 atom stereocenters. The van der Waals surface area contributed by atoms with Crippen molar-refractivity contribution in [1.82, 2.24) is 9.97 Å². The topological polar surface area (TPSA) is 47.0 Å². The largest absolute Gasteiger partial charge is 0.494 e. The van der Waals surface area contributed by atoms with Gasteiger partial charge in [-0.15, -0.1) is 0 Å². The highest BCUT2D eigenvalue weighted by atomic mass is 35.5. The molecular formula is C13H14ClN3O. The molecule has 1 aromatic carbocycles. The maximum Gasteiger partial charge on any atom is 0.150 e. The molecule has 5 heteroatoms. The summed E-state index contributed by atoms with van der Waals surface area (Å²) in [4.78, 5) is 8.06. The van der Waals surface area contributed by atoms with Crippen molar-refractivity contribution >= 4 is 23.1 Å². The van der Waals surface area contributed by atoms with Crippen molar-refractivity contribution in [2.24, 2.45) is 0 Å². The third-order valence-electron chi connectivity index (χ3n) is 2.20. The number of aromatic nitrogens is 2. The van der Waals surface area contributed by atoms with Crippen molar-refractivity contribution in [2.45, 2.75) is 13.3 Å². The Labute approximate surface area is 111 Å². The van der Waals surface area contributed by atoms with E-state index >= 15 is 0 Å². The zero-order valence-electron chi connectivity index (χ0n) is 10.1. The van der Waals surface area contributed by atoms with Crippen LogP contribution < -0.4 is 10.1 Å². The van der Waals surface area contributed by atoms with Crippen LogP contribution in [0, 0.1) is 0 Å². The standard InChI is InChI=1S/C13H14ClN3O/c1-2-7-18-11-5-3-10(4-6-11)16-13-9-15-8-12(14)17-13/h3-6,8-9H,2,7H2,1H3,(H,16,17). The van der Waals surface area contributed by atoms with E-state index in [1.165, 1.54) is 6.20 Å². The monoisotopic (exact) mass is 263 g/mol. The lowest BCUT2D eigenvalue weighted by atomic mass is 10.3. The normalized spacial score (nSPS) is 10.1. The number of ether oxygens (including phenoxy) is 1. The molecule has 0 aliphatic carbocycles. The minimum Gasteiger partial charge on any atom is -0.494 e. The molecule has 94 valence electrons. The van der Waals surface area contributed by atoms with Gasteiger partial charge in [0.2, 0.25) is 0 Å². The first-order valence-corrected chi connectivity index (χ1v) is 6.13. The number of nitrogens with one attached hydrogen (secondary N) is 1. The quantitative estimate of drug-likeness (QED) is 0.894. The first kappa shape index (κ1) is 12.6. The Balaban J connectivity index is 2.02. The van der Waals surface area contributed by atoms with Crippen LogP contribution >= 0.6 is 11.6 Å². The molecule has 1 N–H and O–H groups in total. The van der Waals surface area contributed by atoms with Crippen LogP contribution in [0.2, 0.25) is 5.15 Å². The number of hydrogen-bond donors (Lipinski definition) is 1. The zero-order chi connectivity index (χ0) is 12.8. The van der Waals surface area contributed by atoms with Crippen molar-refractivity contribution in [3.63, 3.8) is 0 Å². The van der Waals surface area contributed by atoms with Crippen molar-refractivity contribution in [3.05, 3.63) is 41.8 Å². The highest BCUT2D eigenvalue weighted by Crippen LogP contribution is 2.19. The first-order valence-electron chi connectivity index (χ1n) is 5.75. The summed E-state index contributed by atoms with van der Waals surface area (Å²) in [5, 5.41) is 3.48. The lowest BCUT2D eigenvalue weighted by molar-refractivity contribution is 0.317. The molecule has 0 amide bonds. The van der Waals surface area contributed by atoms with Gasteiger partial charge in [0, 0.05) is 5.69 Å². The lowest BCUT2D eigenvalue weighted by Crippen LogP contribution is -1.96. The van der Waals surface area contributed by atoms with Gasteiger partial charge in [-0.1, -0.05) is 18.5 Å². The molecule has 0 fully saturated rings. The van der Waals surface area contributed by atoms with E-state index in [1.54, 1.807) is 6.20 Å². The smallest absolute Gasteiger partial charge is 0.150 e. The maximum absolute atomic E-state index is 5.76. The van der Waals surface area contributed by atoms with Gasteiger partial charge >= 0.3 is 0 Å². The summed E-state index contributed by atoms with van der Waals surface area (Å²) < 4.78 is 5.50. The molecule has 4 nitrogen and oxygen atoms in total. The number of anilines is 2. The molecule has 0 aliphatic rings. The van der Waals surface area contributed by atoms with E-state index in [-0.39, 0.29) is 0 Å². The second-order valence-corrected chi connectivity index (χ2v) is 4.11. The summed E-state index contributed by atoms with van der Waals surface area (Å²) in [5.74, 6) is 1.48. The summed E-state index contributed by atoms with van der Waals surface area (Å²) >= 11 is 5.76. The van der Waals surface area contributed by atoms with Crippen LogP contribution in [0.15, 0.2) is 36.7 Å². The van der Waals surface area contributed by atoms with Gasteiger partial charge in [0.1, 0.15) is 10.9 Å². The summed E-state index contributed by atoms with van der Waals surface area (Å²) in [5.41, 5.74) is 0.912. The van der Waals surface area contributed by atoms with E-state index < -0.39 is 0 Å². The molecule has 1 heterocycles. The number of benzene rings is 1. The molecule has 0 spiro atoms. The van der Waals surface area contributed by atoms with E-state index in [4.69, 9.17) is 16.3 Å². The predicted molar refractivity (Wildman–Crippen MR) is 72.6 cm³/mol. The van der Waals surface area contributed by atoms with E-state index in [2.05, 4.69) is 22.2 Å². The second kappa shape index (κ2) is 6.21. The molecule has 2 aromatic rings. The van der Waals surface area contributed by atoms with Gasteiger partial charge in [-0.2, -0.15) is 0 Å². The van der Waals surface area contributed by atoms with E-state index in [0.717, 1.165) is 24.5 Å². The van der Waals surface area contributed by atoms with Gasteiger partial charge in [0.05, 0.1) is 19.0 Å². The molecule has 1 aromatic heterocycles. The molecule has 0 radical (unpaired) electrons. The van der Waals surface area contributed by atoms with Crippen molar-refractivity contribution in [3.8, 4) is 5.75 Å². The SMILES string of the molecule is CCCOc1ccc(Nc2cncc(Cl)n2)cc1. The Hall–Kier alpha value is -1.81. The minimum atomic E-state index is 0.364. The third-order valence-corrected chi connectivity index (χ3v) is 2.39. The predicted octanol–water partition coefficient (Wildman–Crippen LogP) is 3.66. The number of halogens is 1. The lowest BCUT2D eigenvalue weighted by Gasteiger charge is -2.07. The number of nitrogens with zero attached hydrogens (tertiary/aromatic N) is 2. The Bertz CT molecular complexity index is 502. The summed E-state index contributed by atoms with van der Waals surface area (Å²) in [6.45, 7) is 2.81. The van der Waals surface area contributed by atoms with Crippen molar-refractivity contribution in [2.75, 3.05) is 11.9 Å².